The van der Waals surface area contributed by atoms with Gasteiger partial charge in [0.25, 0.3) is 11.5 Å². The van der Waals surface area contributed by atoms with E-state index in [2.05, 4.69) is 16.0 Å². The smallest absolute Gasteiger partial charge is 0.263 e. The highest BCUT2D eigenvalue weighted by atomic mass is 32.1. The minimum Gasteiger partial charge on any atom is -0.348 e. The van der Waals surface area contributed by atoms with Crippen molar-refractivity contribution in [3.8, 4) is 0 Å². The third kappa shape index (κ3) is 4.08. The number of rotatable bonds is 5. The summed E-state index contributed by atoms with van der Waals surface area (Å²) in [6.07, 6.45) is 8.85. The summed E-state index contributed by atoms with van der Waals surface area (Å²) in [6.45, 7) is 5.01. The van der Waals surface area contributed by atoms with Crippen LogP contribution in [0.25, 0.3) is 0 Å². The van der Waals surface area contributed by atoms with Gasteiger partial charge in [-0.1, -0.05) is 0 Å². The SMILES string of the molecule is Cc1ccn(CC2CCCNC2)c(=O)c1C(=O)NCc1csc2c1CCCC2. The summed E-state index contributed by atoms with van der Waals surface area (Å²) < 4.78 is 1.71. The lowest BCUT2D eigenvalue weighted by Gasteiger charge is -2.23. The maximum atomic E-state index is 13.0. The van der Waals surface area contributed by atoms with Crippen molar-refractivity contribution in [2.75, 3.05) is 13.1 Å². The Kier molecular flexibility index (Phi) is 5.97. The molecule has 0 bridgehead atoms. The molecule has 6 heteroatoms. The molecule has 2 aromatic rings. The molecule has 1 unspecified atom stereocenters. The molecule has 4 rings (SSSR count). The van der Waals surface area contributed by atoms with E-state index >= 15 is 0 Å². The molecule has 2 aromatic heterocycles. The first kappa shape index (κ1) is 19.4. The van der Waals surface area contributed by atoms with Crippen LogP contribution in [-0.4, -0.2) is 23.6 Å². The lowest BCUT2D eigenvalue weighted by atomic mass is 9.96. The van der Waals surface area contributed by atoms with Crippen molar-refractivity contribution in [2.45, 2.75) is 58.5 Å². The highest BCUT2D eigenvalue weighted by Crippen LogP contribution is 2.30. The van der Waals surface area contributed by atoms with E-state index in [9.17, 15) is 9.59 Å². The van der Waals surface area contributed by atoms with Gasteiger partial charge in [0, 0.05) is 24.2 Å². The van der Waals surface area contributed by atoms with Gasteiger partial charge in [-0.05, 0) is 92.6 Å². The molecule has 28 heavy (non-hydrogen) atoms. The number of nitrogens with one attached hydrogen (secondary N) is 2. The van der Waals surface area contributed by atoms with Crippen LogP contribution in [-0.2, 0) is 25.9 Å². The average Bonchev–Trinajstić information content (AvgIpc) is 3.13. The Bertz CT molecular complexity index is 909. The number of aromatic nitrogens is 1. The van der Waals surface area contributed by atoms with Crippen LogP contribution < -0.4 is 16.2 Å². The van der Waals surface area contributed by atoms with Crippen LogP contribution in [0.4, 0.5) is 0 Å². The molecular weight excluding hydrogens is 370 g/mol. The van der Waals surface area contributed by atoms with Crippen molar-refractivity contribution >= 4 is 17.2 Å². The summed E-state index contributed by atoms with van der Waals surface area (Å²) in [4.78, 5) is 27.3. The molecule has 0 radical (unpaired) electrons. The molecule has 0 saturated carbocycles. The standard InChI is InChI=1S/C22H29N3O2S/c1-15-8-10-25(13-16-5-4-9-23-11-16)22(27)20(15)21(26)24-12-17-14-28-19-7-3-2-6-18(17)19/h8,10,14,16,23H,2-7,9,11-13H2,1H3,(H,24,26). The number of amides is 1. The number of carbonyl (C=O) groups excluding carboxylic acids is 1. The molecule has 0 spiro atoms. The average molecular weight is 400 g/mol. The summed E-state index contributed by atoms with van der Waals surface area (Å²) >= 11 is 1.80. The molecule has 150 valence electrons. The number of carbonyl (C=O) groups is 1. The van der Waals surface area contributed by atoms with Gasteiger partial charge in [-0.25, -0.2) is 0 Å². The van der Waals surface area contributed by atoms with Gasteiger partial charge >= 0.3 is 0 Å². The highest BCUT2D eigenvalue weighted by Gasteiger charge is 2.20. The zero-order chi connectivity index (χ0) is 19.5. The summed E-state index contributed by atoms with van der Waals surface area (Å²) in [5.74, 6) is 0.191. The molecule has 5 nitrogen and oxygen atoms in total. The Morgan fingerprint density at radius 1 is 1.32 bits per heavy atom. The summed E-state index contributed by atoms with van der Waals surface area (Å²) in [6, 6.07) is 1.89. The van der Waals surface area contributed by atoms with Gasteiger partial charge in [0.1, 0.15) is 5.56 Å². The number of thiophene rings is 1. The Balaban J connectivity index is 1.48. The second kappa shape index (κ2) is 8.62. The summed E-state index contributed by atoms with van der Waals surface area (Å²) in [7, 11) is 0. The van der Waals surface area contributed by atoms with E-state index in [0.717, 1.165) is 44.3 Å². The molecule has 2 aliphatic rings. The van der Waals surface area contributed by atoms with Gasteiger partial charge in [-0.15, -0.1) is 11.3 Å². The van der Waals surface area contributed by atoms with Gasteiger partial charge in [-0.3, -0.25) is 9.59 Å². The topological polar surface area (TPSA) is 63.1 Å². The maximum absolute atomic E-state index is 13.0. The van der Waals surface area contributed by atoms with Crippen LogP contribution in [0.5, 0.6) is 0 Å². The number of nitrogens with zero attached hydrogens (tertiary/aromatic N) is 1. The molecular formula is C22H29N3O2S. The zero-order valence-corrected chi connectivity index (χ0v) is 17.4. The van der Waals surface area contributed by atoms with Crippen LogP contribution in [0, 0.1) is 12.8 Å². The van der Waals surface area contributed by atoms with E-state index in [-0.39, 0.29) is 17.0 Å². The molecule has 0 aromatic carbocycles. The van der Waals surface area contributed by atoms with Crippen LogP contribution in [0.1, 0.15) is 57.6 Å². The number of hydrogen-bond donors (Lipinski definition) is 2. The predicted octanol–water partition coefficient (Wildman–Crippen LogP) is 3.03. The van der Waals surface area contributed by atoms with Gasteiger partial charge in [0.2, 0.25) is 0 Å². The van der Waals surface area contributed by atoms with Gasteiger partial charge in [-0.2, -0.15) is 0 Å². The minimum atomic E-state index is -0.255. The molecule has 3 heterocycles. The minimum absolute atomic E-state index is 0.171. The molecule has 1 aliphatic heterocycles. The van der Waals surface area contributed by atoms with Gasteiger partial charge in [0.05, 0.1) is 0 Å². The monoisotopic (exact) mass is 399 g/mol. The van der Waals surface area contributed by atoms with Gasteiger partial charge < -0.3 is 15.2 Å². The number of piperidine rings is 1. The van der Waals surface area contributed by atoms with Crippen molar-refractivity contribution in [2.24, 2.45) is 5.92 Å². The third-order valence-corrected chi connectivity index (χ3v) is 7.18. The number of fused-ring (bicyclic) bond motifs is 1. The Hall–Kier alpha value is -1.92. The second-order valence-corrected chi connectivity index (χ2v) is 9.06. The second-order valence-electron chi connectivity index (χ2n) is 8.10. The fourth-order valence-corrected chi connectivity index (χ4v) is 5.56. The predicted molar refractivity (Wildman–Crippen MR) is 113 cm³/mol. The van der Waals surface area contributed by atoms with Crippen LogP contribution >= 0.6 is 11.3 Å². The first-order valence-electron chi connectivity index (χ1n) is 10.4. The quantitative estimate of drug-likeness (QED) is 0.812. The van der Waals surface area contributed by atoms with Crippen molar-refractivity contribution in [3.63, 3.8) is 0 Å². The molecule has 1 amide bonds. The molecule has 2 N–H and O–H groups in total. The third-order valence-electron chi connectivity index (χ3n) is 6.04. The van der Waals surface area contributed by atoms with Crippen molar-refractivity contribution in [1.29, 1.82) is 0 Å². The Morgan fingerprint density at radius 3 is 3.00 bits per heavy atom. The number of aryl methyl sites for hydroxylation is 2. The van der Waals surface area contributed by atoms with E-state index in [1.807, 2.05) is 19.2 Å². The van der Waals surface area contributed by atoms with E-state index in [1.54, 1.807) is 15.9 Å². The van der Waals surface area contributed by atoms with E-state index in [1.165, 1.54) is 28.8 Å². The molecule has 1 fully saturated rings. The largest absolute Gasteiger partial charge is 0.348 e. The zero-order valence-electron chi connectivity index (χ0n) is 16.6. The number of pyridine rings is 1. The first-order valence-corrected chi connectivity index (χ1v) is 11.3. The van der Waals surface area contributed by atoms with Crippen LogP contribution in [0.2, 0.25) is 0 Å². The molecule has 1 saturated heterocycles. The van der Waals surface area contributed by atoms with Crippen molar-refractivity contribution in [3.05, 3.63) is 55.1 Å². The van der Waals surface area contributed by atoms with Gasteiger partial charge in [0.15, 0.2) is 0 Å². The van der Waals surface area contributed by atoms with Crippen molar-refractivity contribution < 1.29 is 4.79 Å². The normalized spacial score (nSPS) is 19.2. The van der Waals surface area contributed by atoms with E-state index in [4.69, 9.17) is 0 Å². The van der Waals surface area contributed by atoms with Crippen molar-refractivity contribution in [1.82, 2.24) is 15.2 Å². The first-order chi connectivity index (χ1) is 13.6. The fourth-order valence-electron chi connectivity index (χ4n) is 4.42. The van der Waals surface area contributed by atoms with E-state index < -0.39 is 0 Å². The summed E-state index contributed by atoms with van der Waals surface area (Å²) in [5, 5.41) is 8.57. The fraction of sp³-hybridized carbons (Fsp3) is 0.545. The number of hydrogen-bond acceptors (Lipinski definition) is 4. The lowest BCUT2D eigenvalue weighted by molar-refractivity contribution is 0.0948. The Morgan fingerprint density at radius 2 is 2.18 bits per heavy atom. The molecule has 1 aliphatic carbocycles. The van der Waals surface area contributed by atoms with Crippen LogP contribution in [0.15, 0.2) is 22.4 Å². The Labute approximate surface area is 170 Å². The summed E-state index contributed by atoms with van der Waals surface area (Å²) in [5.41, 5.74) is 3.50. The lowest BCUT2D eigenvalue weighted by Crippen LogP contribution is -2.37. The highest BCUT2D eigenvalue weighted by molar-refractivity contribution is 7.10. The maximum Gasteiger partial charge on any atom is 0.263 e. The molecule has 1 atom stereocenters. The van der Waals surface area contributed by atoms with Crippen LogP contribution in [0.3, 0.4) is 0 Å². The van der Waals surface area contributed by atoms with E-state index in [0.29, 0.717) is 19.0 Å².